The Labute approximate surface area is 125 Å². The zero-order chi connectivity index (χ0) is 13.7. The van der Waals surface area contributed by atoms with Crippen LogP contribution in [0.1, 0.15) is 25.3 Å². The first kappa shape index (κ1) is 15.0. The first-order chi connectivity index (χ1) is 9.19. The fourth-order valence-corrected chi connectivity index (χ4v) is 2.90. The summed E-state index contributed by atoms with van der Waals surface area (Å²) in [5.41, 5.74) is 1.07. The monoisotopic (exact) mass is 301 g/mol. The molecule has 1 N–H and O–H groups in total. The topological polar surface area (TPSA) is 28.2 Å². The Morgan fingerprint density at radius 3 is 2.68 bits per heavy atom. The van der Waals surface area contributed by atoms with Crippen molar-refractivity contribution in [2.75, 3.05) is 26.2 Å². The number of pyridine rings is 1. The molecule has 0 unspecified atom stereocenters. The smallest absolute Gasteiger partial charge is 0.135 e. The van der Waals surface area contributed by atoms with Gasteiger partial charge in [0, 0.05) is 12.1 Å². The average molecular weight is 302 g/mol. The SMILES string of the molecule is CCNCC1CCN(Cc2ccc(Cl)nc2Cl)CC1. The van der Waals surface area contributed by atoms with Gasteiger partial charge < -0.3 is 5.32 Å². The van der Waals surface area contributed by atoms with Gasteiger partial charge in [-0.1, -0.05) is 36.2 Å². The van der Waals surface area contributed by atoms with Crippen molar-refractivity contribution < 1.29 is 0 Å². The third-order valence-electron chi connectivity index (χ3n) is 3.68. The van der Waals surface area contributed by atoms with Crippen molar-refractivity contribution >= 4 is 23.2 Å². The summed E-state index contributed by atoms with van der Waals surface area (Å²) in [6.45, 7) is 7.51. The van der Waals surface area contributed by atoms with Gasteiger partial charge in [0.1, 0.15) is 10.3 Å². The number of nitrogens with one attached hydrogen (secondary N) is 1. The van der Waals surface area contributed by atoms with E-state index >= 15 is 0 Å². The Morgan fingerprint density at radius 1 is 1.32 bits per heavy atom. The van der Waals surface area contributed by atoms with E-state index in [0.29, 0.717) is 10.3 Å². The lowest BCUT2D eigenvalue weighted by atomic mass is 9.96. The standard InChI is InChI=1S/C14H21Cl2N3/c1-2-17-9-11-5-7-19(8-6-11)10-12-3-4-13(15)18-14(12)16/h3-4,11,17H,2,5-10H2,1H3. The summed E-state index contributed by atoms with van der Waals surface area (Å²) in [5.74, 6) is 0.815. The van der Waals surface area contributed by atoms with Gasteiger partial charge in [-0.2, -0.15) is 0 Å². The minimum Gasteiger partial charge on any atom is -0.317 e. The highest BCUT2D eigenvalue weighted by molar-refractivity contribution is 6.32. The first-order valence-corrected chi connectivity index (χ1v) is 7.68. The van der Waals surface area contributed by atoms with E-state index in [4.69, 9.17) is 23.2 Å². The van der Waals surface area contributed by atoms with Gasteiger partial charge in [-0.15, -0.1) is 0 Å². The number of likely N-dealkylation sites (tertiary alicyclic amines) is 1. The molecule has 5 heteroatoms. The van der Waals surface area contributed by atoms with E-state index in [1.807, 2.05) is 6.07 Å². The van der Waals surface area contributed by atoms with Crippen LogP contribution in [-0.2, 0) is 6.54 Å². The first-order valence-electron chi connectivity index (χ1n) is 6.93. The molecule has 19 heavy (non-hydrogen) atoms. The van der Waals surface area contributed by atoms with E-state index in [0.717, 1.165) is 44.2 Å². The van der Waals surface area contributed by atoms with Crippen LogP contribution in [0.3, 0.4) is 0 Å². The highest BCUT2D eigenvalue weighted by atomic mass is 35.5. The zero-order valence-corrected chi connectivity index (χ0v) is 12.8. The molecule has 1 fully saturated rings. The maximum absolute atomic E-state index is 6.11. The molecule has 2 rings (SSSR count). The fourth-order valence-electron chi connectivity index (χ4n) is 2.50. The molecule has 1 aliphatic rings. The third-order valence-corrected chi connectivity index (χ3v) is 4.21. The number of hydrogen-bond acceptors (Lipinski definition) is 3. The van der Waals surface area contributed by atoms with Crippen LogP contribution < -0.4 is 5.32 Å². The van der Waals surface area contributed by atoms with Gasteiger partial charge in [0.15, 0.2) is 0 Å². The second-order valence-corrected chi connectivity index (χ2v) is 5.86. The molecule has 0 radical (unpaired) electrons. The predicted molar refractivity (Wildman–Crippen MR) is 80.8 cm³/mol. The van der Waals surface area contributed by atoms with Crippen molar-refractivity contribution in [3.8, 4) is 0 Å². The number of hydrogen-bond donors (Lipinski definition) is 1. The maximum atomic E-state index is 6.11. The van der Waals surface area contributed by atoms with Gasteiger partial charge in [0.25, 0.3) is 0 Å². The molecule has 1 aromatic rings. The van der Waals surface area contributed by atoms with Crippen molar-refractivity contribution in [3.63, 3.8) is 0 Å². The van der Waals surface area contributed by atoms with Gasteiger partial charge in [0.2, 0.25) is 0 Å². The van der Waals surface area contributed by atoms with Gasteiger partial charge in [-0.3, -0.25) is 4.90 Å². The van der Waals surface area contributed by atoms with Crippen LogP contribution in [0.2, 0.25) is 10.3 Å². The lowest BCUT2D eigenvalue weighted by molar-refractivity contribution is 0.176. The predicted octanol–water partition coefficient (Wildman–Crippen LogP) is 3.21. The van der Waals surface area contributed by atoms with E-state index in [9.17, 15) is 0 Å². The molecule has 1 saturated heterocycles. The van der Waals surface area contributed by atoms with E-state index in [1.54, 1.807) is 6.07 Å². The Hall–Kier alpha value is -0.350. The summed E-state index contributed by atoms with van der Waals surface area (Å²) in [5, 5.41) is 4.42. The summed E-state index contributed by atoms with van der Waals surface area (Å²) in [6, 6.07) is 3.78. The maximum Gasteiger partial charge on any atom is 0.135 e. The van der Waals surface area contributed by atoms with Gasteiger partial charge >= 0.3 is 0 Å². The number of rotatable bonds is 5. The highest BCUT2D eigenvalue weighted by Gasteiger charge is 2.19. The summed E-state index contributed by atoms with van der Waals surface area (Å²) in [6.07, 6.45) is 2.51. The van der Waals surface area contributed by atoms with Crippen LogP contribution in [0.4, 0.5) is 0 Å². The van der Waals surface area contributed by atoms with Crippen molar-refractivity contribution in [2.24, 2.45) is 5.92 Å². The summed E-state index contributed by atoms with van der Waals surface area (Å²) < 4.78 is 0. The van der Waals surface area contributed by atoms with Crippen molar-refractivity contribution in [2.45, 2.75) is 26.3 Å². The molecule has 3 nitrogen and oxygen atoms in total. The van der Waals surface area contributed by atoms with Crippen LogP contribution in [0.25, 0.3) is 0 Å². The van der Waals surface area contributed by atoms with E-state index in [-0.39, 0.29) is 0 Å². The molecule has 2 heterocycles. The van der Waals surface area contributed by atoms with Crippen LogP contribution in [0.15, 0.2) is 12.1 Å². The Morgan fingerprint density at radius 2 is 2.05 bits per heavy atom. The lowest BCUT2D eigenvalue weighted by Gasteiger charge is -2.32. The molecule has 0 saturated carbocycles. The Bertz CT molecular complexity index is 404. The Kier molecular flexibility index (Phi) is 5.89. The molecule has 1 aromatic heterocycles. The second kappa shape index (κ2) is 7.44. The van der Waals surface area contributed by atoms with Crippen molar-refractivity contribution in [1.29, 1.82) is 0 Å². The van der Waals surface area contributed by atoms with Crippen molar-refractivity contribution in [3.05, 3.63) is 28.0 Å². The van der Waals surface area contributed by atoms with Crippen LogP contribution in [0, 0.1) is 5.92 Å². The van der Waals surface area contributed by atoms with Crippen LogP contribution >= 0.6 is 23.2 Å². The fraction of sp³-hybridized carbons (Fsp3) is 0.643. The molecule has 106 valence electrons. The average Bonchev–Trinajstić information content (AvgIpc) is 2.41. The number of halogens is 2. The minimum absolute atomic E-state index is 0.457. The molecule has 0 bridgehead atoms. The summed E-state index contributed by atoms with van der Waals surface area (Å²) in [4.78, 5) is 6.53. The highest BCUT2D eigenvalue weighted by Crippen LogP contribution is 2.22. The number of aromatic nitrogens is 1. The summed E-state index contributed by atoms with van der Waals surface area (Å²) in [7, 11) is 0. The van der Waals surface area contributed by atoms with Crippen LogP contribution in [0.5, 0.6) is 0 Å². The van der Waals surface area contributed by atoms with Crippen LogP contribution in [-0.4, -0.2) is 36.1 Å². The van der Waals surface area contributed by atoms with Gasteiger partial charge in [-0.05, 0) is 51.0 Å². The zero-order valence-electron chi connectivity index (χ0n) is 11.3. The normalized spacial score (nSPS) is 17.8. The molecule has 1 aliphatic heterocycles. The lowest BCUT2D eigenvalue weighted by Crippen LogP contribution is -2.36. The largest absolute Gasteiger partial charge is 0.317 e. The molecule has 0 amide bonds. The van der Waals surface area contributed by atoms with Gasteiger partial charge in [-0.25, -0.2) is 4.98 Å². The van der Waals surface area contributed by atoms with Gasteiger partial charge in [0.05, 0.1) is 0 Å². The Balaban J connectivity index is 1.82. The third kappa shape index (κ3) is 4.60. The molecule has 0 atom stereocenters. The van der Waals surface area contributed by atoms with E-state index in [2.05, 4.69) is 22.1 Å². The number of piperidine rings is 1. The molecular weight excluding hydrogens is 281 g/mol. The van der Waals surface area contributed by atoms with E-state index in [1.165, 1.54) is 12.8 Å². The summed E-state index contributed by atoms with van der Waals surface area (Å²) >= 11 is 11.9. The molecule has 0 spiro atoms. The molecule has 0 aliphatic carbocycles. The van der Waals surface area contributed by atoms with E-state index < -0.39 is 0 Å². The minimum atomic E-state index is 0.457. The quantitative estimate of drug-likeness (QED) is 0.847. The molecular formula is C14H21Cl2N3. The number of nitrogens with zero attached hydrogens (tertiary/aromatic N) is 2. The second-order valence-electron chi connectivity index (χ2n) is 5.11. The van der Waals surface area contributed by atoms with Crippen molar-refractivity contribution in [1.82, 2.24) is 15.2 Å². The molecule has 0 aromatic carbocycles.